The van der Waals surface area contributed by atoms with Crippen molar-refractivity contribution in [2.45, 2.75) is 18.9 Å². The molecule has 0 saturated carbocycles. The molecule has 6 rings (SSSR count). The highest BCUT2D eigenvalue weighted by atomic mass is 16.7. The number of esters is 1. The molecule has 0 amide bonds. The first kappa shape index (κ1) is 21.2. The molecular weight excluding hydrogens is 436 g/mol. The summed E-state index contributed by atoms with van der Waals surface area (Å²) in [6, 6.07) is 34.3. The van der Waals surface area contributed by atoms with Gasteiger partial charge in [0.2, 0.25) is 6.79 Å². The first-order valence-electron chi connectivity index (χ1n) is 11.7. The van der Waals surface area contributed by atoms with Crippen LogP contribution in [0.2, 0.25) is 0 Å². The summed E-state index contributed by atoms with van der Waals surface area (Å²) in [5, 5.41) is 4.35. The summed E-state index contributed by atoms with van der Waals surface area (Å²) in [7, 11) is 0. The predicted molar refractivity (Wildman–Crippen MR) is 137 cm³/mol. The van der Waals surface area contributed by atoms with E-state index in [1.807, 2.05) is 73.7 Å². The molecule has 0 aromatic heterocycles. The molecule has 5 aromatic carbocycles. The highest BCUT2D eigenvalue weighted by Gasteiger charge is 2.27. The quantitative estimate of drug-likeness (QED) is 0.261. The number of rotatable bonds is 5. The molecule has 0 fully saturated rings. The van der Waals surface area contributed by atoms with Crippen LogP contribution in [0.5, 0.6) is 11.5 Å². The average molecular weight is 461 g/mol. The van der Waals surface area contributed by atoms with E-state index in [1.54, 1.807) is 0 Å². The predicted octanol–water partition coefficient (Wildman–Crippen LogP) is 7.16. The van der Waals surface area contributed by atoms with Gasteiger partial charge in [-0.25, -0.2) is 0 Å². The Morgan fingerprint density at radius 1 is 0.714 bits per heavy atom. The number of fused-ring (bicyclic) bond motifs is 3. The van der Waals surface area contributed by atoms with E-state index in [-0.39, 0.29) is 12.8 Å². The molecule has 1 aliphatic rings. The lowest BCUT2D eigenvalue weighted by atomic mass is 9.92. The number of ether oxygens (including phenoxy) is 3. The van der Waals surface area contributed by atoms with Gasteiger partial charge in [0.1, 0.15) is 0 Å². The topological polar surface area (TPSA) is 44.8 Å². The van der Waals surface area contributed by atoms with Crippen molar-refractivity contribution in [1.29, 1.82) is 0 Å². The second kappa shape index (κ2) is 8.80. The first-order chi connectivity index (χ1) is 17.2. The fraction of sp³-hybridized carbons (Fsp3) is 0.129. The third kappa shape index (κ3) is 3.87. The van der Waals surface area contributed by atoms with Crippen LogP contribution in [0.25, 0.3) is 21.5 Å². The van der Waals surface area contributed by atoms with Gasteiger partial charge in [0.25, 0.3) is 0 Å². The maximum Gasteiger partial charge on any atom is 0.314 e. The highest BCUT2D eigenvalue weighted by Crippen LogP contribution is 2.38. The maximum absolute atomic E-state index is 13.6. The van der Waals surface area contributed by atoms with Gasteiger partial charge in [0.15, 0.2) is 17.6 Å². The summed E-state index contributed by atoms with van der Waals surface area (Å²) in [4.78, 5) is 13.6. The minimum atomic E-state index is -0.559. The van der Waals surface area contributed by atoms with Crippen LogP contribution >= 0.6 is 0 Å². The van der Waals surface area contributed by atoms with Crippen LogP contribution in [-0.2, 0) is 9.53 Å². The molecule has 1 heterocycles. The van der Waals surface area contributed by atoms with Crippen molar-refractivity contribution in [2.75, 3.05) is 6.79 Å². The van der Waals surface area contributed by atoms with Gasteiger partial charge in [0.05, 0.1) is 5.92 Å². The summed E-state index contributed by atoms with van der Waals surface area (Å²) in [5.74, 6) is 0.576. The first-order valence-corrected chi connectivity index (χ1v) is 11.7. The summed E-state index contributed by atoms with van der Waals surface area (Å²) in [5.41, 5.74) is 2.75. The molecule has 4 nitrogen and oxygen atoms in total. The molecule has 35 heavy (non-hydrogen) atoms. The summed E-state index contributed by atoms with van der Waals surface area (Å²) in [6.07, 6.45) is -0.559. The second-order valence-corrected chi connectivity index (χ2v) is 8.79. The Kier molecular flexibility index (Phi) is 5.34. The third-order valence-corrected chi connectivity index (χ3v) is 6.70. The summed E-state index contributed by atoms with van der Waals surface area (Å²) < 4.78 is 17.3. The van der Waals surface area contributed by atoms with Crippen molar-refractivity contribution >= 4 is 27.5 Å². The van der Waals surface area contributed by atoms with Gasteiger partial charge in [-0.05, 0) is 46.2 Å². The van der Waals surface area contributed by atoms with Crippen molar-refractivity contribution in [3.63, 3.8) is 0 Å². The Bertz CT molecular complexity index is 1470. The van der Waals surface area contributed by atoms with Crippen LogP contribution in [0.15, 0.2) is 103 Å². The molecule has 0 bridgehead atoms. The van der Waals surface area contributed by atoms with Gasteiger partial charge in [-0.15, -0.1) is 0 Å². The largest absolute Gasteiger partial charge is 0.454 e. The van der Waals surface area contributed by atoms with E-state index < -0.39 is 12.0 Å². The monoisotopic (exact) mass is 460 g/mol. The highest BCUT2D eigenvalue weighted by molar-refractivity contribution is 5.90. The van der Waals surface area contributed by atoms with E-state index in [2.05, 4.69) is 36.4 Å². The molecule has 0 aliphatic carbocycles. The molecule has 172 valence electrons. The molecule has 1 aliphatic heterocycles. The lowest BCUT2D eigenvalue weighted by Gasteiger charge is -2.24. The van der Waals surface area contributed by atoms with Crippen molar-refractivity contribution in [2.24, 2.45) is 0 Å². The van der Waals surface area contributed by atoms with E-state index in [0.717, 1.165) is 38.2 Å². The van der Waals surface area contributed by atoms with Gasteiger partial charge in [-0.1, -0.05) is 91.0 Å². The lowest BCUT2D eigenvalue weighted by molar-refractivity contribution is -0.148. The van der Waals surface area contributed by atoms with Crippen LogP contribution in [0.3, 0.4) is 0 Å². The molecular formula is C31H24O4. The Balaban J connectivity index is 1.44. The Hall–Kier alpha value is -4.31. The van der Waals surface area contributed by atoms with Crippen LogP contribution in [0.4, 0.5) is 0 Å². The number of hydrogen-bond donors (Lipinski definition) is 0. The molecule has 0 unspecified atom stereocenters. The molecule has 0 radical (unpaired) electrons. The fourth-order valence-electron chi connectivity index (χ4n) is 4.79. The van der Waals surface area contributed by atoms with E-state index in [0.29, 0.717) is 11.5 Å². The molecule has 5 aromatic rings. The van der Waals surface area contributed by atoms with Gasteiger partial charge in [-0.2, -0.15) is 0 Å². The van der Waals surface area contributed by atoms with E-state index in [4.69, 9.17) is 14.2 Å². The maximum atomic E-state index is 13.6. The molecule has 4 heteroatoms. The summed E-state index contributed by atoms with van der Waals surface area (Å²) >= 11 is 0. The van der Waals surface area contributed by atoms with Gasteiger partial charge in [-0.3, -0.25) is 4.79 Å². The minimum absolute atomic E-state index is 0.196. The molecule has 0 saturated heterocycles. The fourth-order valence-corrected chi connectivity index (χ4v) is 4.79. The second-order valence-electron chi connectivity index (χ2n) is 8.79. The SMILES string of the molecule is C[C@@H](C(=O)OC(c1cccc2ccccc12)c1cccc2ccccc12)c1ccc2c(c1)OCO2. The van der Waals surface area contributed by atoms with Crippen LogP contribution in [-0.4, -0.2) is 12.8 Å². The number of carbonyl (C=O) groups is 1. The zero-order valence-corrected chi connectivity index (χ0v) is 19.3. The van der Waals surface area contributed by atoms with Crippen molar-refractivity contribution < 1.29 is 19.0 Å². The summed E-state index contributed by atoms with van der Waals surface area (Å²) in [6.45, 7) is 2.06. The van der Waals surface area contributed by atoms with Crippen molar-refractivity contribution in [3.05, 3.63) is 120 Å². The number of carbonyl (C=O) groups excluding carboxylic acids is 1. The normalized spacial score (nSPS) is 13.3. The molecule has 0 spiro atoms. The zero-order valence-electron chi connectivity index (χ0n) is 19.3. The number of benzene rings is 5. The van der Waals surface area contributed by atoms with Gasteiger partial charge in [0, 0.05) is 11.1 Å². The smallest absolute Gasteiger partial charge is 0.314 e. The standard InChI is InChI=1S/C31H24O4/c1-20(23-16-17-28-29(18-23)34-19-33-28)31(32)35-30(26-14-6-10-21-8-2-4-12-24(21)26)27-15-7-11-22-9-3-5-13-25(22)27/h2-18,20,30H,19H2,1H3/t20-/m1/s1. The Labute approximate surface area is 203 Å². The van der Waals surface area contributed by atoms with E-state index in [1.165, 1.54) is 0 Å². The van der Waals surface area contributed by atoms with E-state index >= 15 is 0 Å². The average Bonchev–Trinajstić information content (AvgIpc) is 3.39. The van der Waals surface area contributed by atoms with Crippen molar-refractivity contribution in [3.8, 4) is 11.5 Å². The zero-order chi connectivity index (χ0) is 23.8. The third-order valence-electron chi connectivity index (χ3n) is 6.70. The van der Waals surface area contributed by atoms with Gasteiger partial charge >= 0.3 is 5.97 Å². The molecule has 1 atom stereocenters. The van der Waals surface area contributed by atoms with Crippen LogP contribution < -0.4 is 9.47 Å². The van der Waals surface area contributed by atoms with Crippen molar-refractivity contribution in [1.82, 2.24) is 0 Å². The Morgan fingerprint density at radius 2 is 1.29 bits per heavy atom. The lowest BCUT2D eigenvalue weighted by Crippen LogP contribution is -2.18. The van der Waals surface area contributed by atoms with Gasteiger partial charge < -0.3 is 14.2 Å². The molecule has 0 N–H and O–H groups in total. The Morgan fingerprint density at radius 3 is 1.94 bits per heavy atom. The van der Waals surface area contributed by atoms with Crippen LogP contribution in [0.1, 0.15) is 35.6 Å². The minimum Gasteiger partial charge on any atom is -0.454 e. The van der Waals surface area contributed by atoms with Crippen LogP contribution in [0, 0.1) is 0 Å². The number of hydrogen-bond acceptors (Lipinski definition) is 4. The van der Waals surface area contributed by atoms with E-state index in [9.17, 15) is 4.79 Å².